The molecule has 3 N–H and O–H groups in total. The maximum atomic E-state index is 8.72. The molecular weight excluding hydrogens is 188 g/mol. The smallest absolute Gasteiger partial charge is 0.0431 e. The quantitative estimate of drug-likeness (QED) is 0.554. The van der Waals surface area contributed by atoms with Crippen LogP contribution >= 0.6 is 0 Å². The van der Waals surface area contributed by atoms with Gasteiger partial charge >= 0.3 is 0 Å². The molecule has 1 aromatic rings. The van der Waals surface area contributed by atoms with E-state index in [2.05, 4.69) is 11.8 Å². The highest BCUT2D eigenvalue weighted by Crippen LogP contribution is 2.16. The molecule has 1 rings (SSSR count). The first-order chi connectivity index (χ1) is 7.27. The second-order valence-electron chi connectivity index (χ2n) is 3.60. The van der Waals surface area contributed by atoms with E-state index in [9.17, 15) is 0 Å². The highest BCUT2D eigenvalue weighted by atomic mass is 16.2. The molecule has 0 spiro atoms. The predicted octanol–water partition coefficient (Wildman–Crippen LogP) is 1.87. The summed E-state index contributed by atoms with van der Waals surface area (Å²) in [6.45, 7) is 4.38. The summed E-state index contributed by atoms with van der Waals surface area (Å²) in [5.74, 6) is 0. The van der Waals surface area contributed by atoms with Gasteiger partial charge in [-0.25, -0.2) is 0 Å². The van der Waals surface area contributed by atoms with Gasteiger partial charge in [0.2, 0.25) is 0 Å². The predicted molar refractivity (Wildman–Crippen MR) is 65.1 cm³/mol. The summed E-state index contributed by atoms with van der Waals surface area (Å²) in [5.41, 5.74) is 7.63. The molecule has 0 saturated carbocycles. The van der Waals surface area contributed by atoms with Crippen LogP contribution in [-0.2, 0) is 0 Å². The fraction of sp³-hybridized carbons (Fsp3) is 0.500. The third-order valence-electron chi connectivity index (χ3n) is 2.48. The van der Waals surface area contributed by atoms with E-state index in [1.165, 1.54) is 5.69 Å². The van der Waals surface area contributed by atoms with Crippen molar-refractivity contribution in [3.8, 4) is 0 Å². The van der Waals surface area contributed by atoms with Crippen molar-refractivity contribution in [2.75, 3.05) is 30.3 Å². The van der Waals surface area contributed by atoms with Crippen molar-refractivity contribution >= 4 is 11.4 Å². The van der Waals surface area contributed by atoms with Gasteiger partial charge in [0, 0.05) is 31.1 Å². The number of anilines is 2. The second-order valence-corrected chi connectivity index (χ2v) is 3.60. The zero-order valence-corrected chi connectivity index (χ0v) is 9.32. The number of hydrogen-bond donors (Lipinski definition) is 2. The second kappa shape index (κ2) is 6.30. The minimum absolute atomic E-state index is 0.277. The van der Waals surface area contributed by atoms with Crippen molar-refractivity contribution < 1.29 is 5.11 Å². The summed E-state index contributed by atoms with van der Waals surface area (Å²) >= 11 is 0. The fourth-order valence-electron chi connectivity index (χ4n) is 1.57. The number of benzene rings is 1. The SMILES string of the molecule is CCN(CCCCO)c1ccc(N)cc1. The Morgan fingerprint density at radius 3 is 2.40 bits per heavy atom. The minimum atomic E-state index is 0.277. The van der Waals surface area contributed by atoms with Crippen LogP contribution in [0.5, 0.6) is 0 Å². The molecule has 0 aliphatic carbocycles. The zero-order valence-electron chi connectivity index (χ0n) is 9.32. The molecule has 0 heterocycles. The van der Waals surface area contributed by atoms with Crippen molar-refractivity contribution in [3.63, 3.8) is 0 Å². The van der Waals surface area contributed by atoms with Crippen molar-refractivity contribution in [3.05, 3.63) is 24.3 Å². The molecule has 0 unspecified atom stereocenters. The van der Waals surface area contributed by atoms with E-state index >= 15 is 0 Å². The molecule has 0 amide bonds. The van der Waals surface area contributed by atoms with Crippen molar-refractivity contribution in [2.45, 2.75) is 19.8 Å². The van der Waals surface area contributed by atoms with E-state index in [1.807, 2.05) is 24.3 Å². The van der Waals surface area contributed by atoms with E-state index in [1.54, 1.807) is 0 Å². The first-order valence-electron chi connectivity index (χ1n) is 5.49. The van der Waals surface area contributed by atoms with Crippen LogP contribution in [0.4, 0.5) is 11.4 Å². The van der Waals surface area contributed by atoms with E-state index in [4.69, 9.17) is 10.8 Å². The van der Waals surface area contributed by atoms with Gasteiger partial charge in [-0.05, 0) is 44.0 Å². The Hall–Kier alpha value is -1.22. The summed E-state index contributed by atoms with van der Waals surface area (Å²) in [6, 6.07) is 7.92. The van der Waals surface area contributed by atoms with Gasteiger partial charge in [0.05, 0.1) is 0 Å². The molecule has 0 atom stereocenters. The lowest BCUT2D eigenvalue weighted by atomic mass is 10.2. The van der Waals surface area contributed by atoms with E-state index in [0.717, 1.165) is 31.6 Å². The van der Waals surface area contributed by atoms with Crippen molar-refractivity contribution in [1.29, 1.82) is 0 Å². The summed E-state index contributed by atoms with van der Waals surface area (Å²) in [4.78, 5) is 2.29. The van der Waals surface area contributed by atoms with Crippen LogP contribution in [0.1, 0.15) is 19.8 Å². The third-order valence-corrected chi connectivity index (χ3v) is 2.48. The zero-order chi connectivity index (χ0) is 11.1. The Morgan fingerprint density at radius 1 is 1.20 bits per heavy atom. The Balaban J connectivity index is 2.53. The van der Waals surface area contributed by atoms with Gasteiger partial charge in [-0.15, -0.1) is 0 Å². The number of nitrogens with two attached hydrogens (primary N) is 1. The molecule has 0 aromatic heterocycles. The molecule has 0 aliphatic rings. The Bertz CT molecular complexity index is 271. The monoisotopic (exact) mass is 208 g/mol. The lowest BCUT2D eigenvalue weighted by Gasteiger charge is -2.23. The number of aliphatic hydroxyl groups is 1. The Labute approximate surface area is 91.5 Å². The van der Waals surface area contributed by atoms with E-state index < -0.39 is 0 Å². The van der Waals surface area contributed by atoms with Crippen LogP contribution in [0.15, 0.2) is 24.3 Å². The molecule has 84 valence electrons. The van der Waals surface area contributed by atoms with Crippen LogP contribution in [0.25, 0.3) is 0 Å². The molecule has 0 saturated heterocycles. The molecule has 0 aliphatic heterocycles. The summed E-state index contributed by atoms with van der Waals surface area (Å²) in [6.07, 6.45) is 1.89. The third kappa shape index (κ3) is 3.80. The molecular formula is C12H20N2O. The van der Waals surface area contributed by atoms with Crippen LogP contribution in [0, 0.1) is 0 Å². The van der Waals surface area contributed by atoms with Gasteiger partial charge < -0.3 is 15.7 Å². The van der Waals surface area contributed by atoms with Crippen LogP contribution in [0.3, 0.4) is 0 Å². The Kier molecular flexibility index (Phi) is 4.98. The fourth-order valence-corrected chi connectivity index (χ4v) is 1.57. The average Bonchev–Trinajstić information content (AvgIpc) is 2.26. The largest absolute Gasteiger partial charge is 0.399 e. The highest BCUT2D eigenvalue weighted by Gasteiger charge is 2.02. The van der Waals surface area contributed by atoms with E-state index in [-0.39, 0.29) is 6.61 Å². The molecule has 3 nitrogen and oxygen atoms in total. The van der Waals surface area contributed by atoms with Crippen molar-refractivity contribution in [2.24, 2.45) is 0 Å². The van der Waals surface area contributed by atoms with Gasteiger partial charge in [0.25, 0.3) is 0 Å². The van der Waals surface area contributed by atoms with Gasteiger partial charge in [-0.3, -0.25) is 0 Å². The van der Waals surface area contributed by atoms with Gasteiger partial charge in [0.15, 0.2) is 0 Å². The first kappa shape index (κ1) is 11.9. The van der Waals surface area contributed by atoms with Gasteiger partial charge in [-0.1, -0.05) is 0 Å². The maximum absolute atomic E-state index is 8.72. The van der Waals surface area contributed by atoms with E-state index in [0.29, 0.717) is 0 Å². The standard InChI is InChI=1S/C12H20N2O/c1-2-14(9-3-4-10-15)12-7-5-11(13)6-8-12/h5-8,15H,2-4,9-10,13H2,1H3. The number of nitrogen functional groups attached to an aromatic ring is 1. The molecule has 15 heavy (non-hydrogen) atoms. The number of unbranched alkanes of at least 4 members (excludes halogenated alkanes) is 1. The molecule has 1 aromatic carbocycles. The lowest BCUT2D eigenvalue weighted by molar-refractivity contribution is 0.285. The number of nitrogens with zero attached hydrogens (tertiary/aromatic N) is 1. The molecule has 0 radical (unpaired) electrons. The summed E-state index contributed by atoms with van der Waals surface area (Å²) in [7, 11) is 0. The van der Waals surface area contributed by atoms with Crippen molar-refractivity contribution in [1.82, 2.24) is 0 Å². The number of hydrogen-bond acceptors (Lipinski definition) is 3. The van der Waals surface area contributed by atoms with Gasteiger partial charge in [-0.2, -0.15) is 0 Å². The topological polar surface area (TPSA) is 49.5 Å². The normalized spacial score (nSPS) is 10.3. The Morgan fingerprint density at radius 2 is 1.87 bits per heavy atom. The summed E-state index contributed by atoms with van der Waals surface area (Å²) < 4.78 is 0. The van der Waals surface area contributed by atoms with Gasteiger partial charge in [0.1, 0.15) is 0 Å². The van der Waals surface area contributed by atoms with Crippen LogP contribution in [0.2, 0.25) is 0 Å². The first-order valence-corrected chi connectivity index (χ1v) is 5.49. The number of rotatable bonds is 6. The molecule has 3 heteroatoms. The highest BCUT2D eigenvalue weighted by molar-refractivity contribution is 5.52. The van der Waals surface area contributed by atoms with Crippen LogP contribution < -0.4 is 10.6 Å². The van der Waals surface area contributed by atoms with Crippen LogP contribution in [-0.4, -0.2) is 24.8 Å². The lowest BCUT2D eigenvalue weighted by Crippen LogP contribution is -2.23. The average molecular weight is 208 g/mol. The minimum Gasteiger partial charge on any atom is -0.399 e. The molecule has 0 fully saturated rings. The molecule has 0 bridgehead atoms. The number of aliphatic hydroxyl groups excluding tert-OH is 1. The summed E-state index contributed by atoms with van der Waals surface area (Å²) in [5, 5.41) is 8.72. The maximum Gasteiger partial charge on any atom is 0.0431 e.